The second kappa shape index (κ2) is 6.81. The molecule has 0 radical (unpaired) electrons. The van der Waals surface area contributed by atoms with E-state index in [1.54, 1.807) is 6.92 Å². The van der Waals surface area contributed by atoms with Gasteiger partial charge in [0.2, 0.25) is 0 Å². The predicted octanol–water partition coefficient (Wildman–Crippen LogP) is 2.14. The van der Waals surface area contributed by atoms with Gasteiger partial charge in [-0.05, 0) is 25.3 Å². The van der Waals surface area contributed by atoms with Crippen LogP contribution in [-0.4, -0.2) is 13.2 Å². The number of aryl methyl sites for hydroxylation is 1. The zero-order valence-electron chi connectivity index (χ0n) is 9.30. The summed E-state index contributed by atoms with van der Waals surface area (Å²) in [6, 6.07) is 9.85. The molecule has 0 bridgehead atoms. The molecule has 90 valence electrons. The Kier molecular flexibility index (Phi) is 5.71. The van der Waals surface area contributed by atoms with Crippen LogP contribution in [0.5, 0.6) is 0 Å². The summed E-state index contributed by atoms with van der Waals surface area (Å²) in [5.41, 5.74) is 1.17. The average Bonchev–Trinajstić information content (AvgIpc) is 2.26. The van der Waals surface area contributed by atoms with Crippen molar-refractivity contribution < 1.29 is 18.5 Å². The molecule has 0 aliphatic rings. The van der Waals surface area contributed by atoms with Gasteiger partial charge in [0, 0.05) is 0 Å². The maximum atomic E-state index is 11.0. The smallest absolute Gasteiger partial charge is 0.267 e. The van der Waals surface area contributed by atoms with Crippen LogP contribution in [0.15, 0.2) is 30.3 Å². The highest BCUT2D eigenvalue weighted by Gasteiger charge is 2.06. The molecule has 0 aliphatic heterocycles. The van der Waals surface area contributed by atoms with Crippen molar-refractivity contribution in [1.82, 2.24) is 0 Å². The van der Waals surface area contributed by atoms with Crippen LogP contribution in [0.4, 0.5) is 0 Å². The molecule has 0 aromatic heterocycles. The first-order valence-electron chi connectivity index (χ1n) is 5.28. The number of rotatable bonds is 7. The highest BCUT2D eigenvalue weighted by molar-refractivity contribution is 7.45. The van der Waals surface area contributed by atoms with E-state index in [1.807, 2.05) is 30.3 Å². The zero-order chi connectivity index (χ0) is 11.9. The Hall–Kier alpha value is -0.670. The molecule has 0 saturated heterocycles. The fourth-order valence-corrected chi connectivity index (χ4v) is 2.04. The monoisotopic (exact) mass is 243 g/mol. The van der Waals surface area contributed by atoms with Crippen molar-refractivity contribution in [2.45, 2.75) is 19.8 Å². The van der Waals surface area contributed by atoms with Gasteiger partial charge in [-0.1, -0.05) is 30.3 Å². The normalized spacial score (nSPS) is 14.6. The minimum Gasteiger partial charge on any atom is -0.756 e. The second-order valence-electron chi connectivity index (χ2n) is 3.29. The summed E-state index contributed by atoms with van der Waals surface area (Å²) >= 11 is 0. The standard InChI is InChI=1S/C11H17O4P/c1-2-14-16(12,13)15-10-6-9-11-7-4-3-5-8-11/h3-5,7-8H,2,6,9-10H2,1H3,(H,12,13)/p-1. The number of phosphoric acid groups is 1. The maximum absolute atomic E-state index is 11.0. The van der Waals surface area contributed by atoms with Gasteiger partial charge in [-0.25, -0.2) is 0 Å². The van der Waals surface area contributed by atoms with E-state index in [9.17, 15) is 9.46 Å². The van der Waals surface area contributed by atoms with Crippen molar-refractivity contribution in [3.05, 3.63) is 35.9 Å². The number of benzene rings is 1. The fraction of sp³-hybridized carbons (Fsp3) is 0.455. The Labute approximate surface area is 95.8 Å². The zero-order valence-corrected chi connectivity index (χ0v) is 10.2. The predicted molar refractivity (Wildman–Crippen MR) is 59.9 cm³/mol. The first-order chi connectivity index (χ1) is 7.64. The molecule has 1 aromatic carbocycles. The molecule has 0 amide bonds. The van der Waals surface area contributed by atoms with E-state index < -0.39 is 7.82 Å². The van der Waals surface area contributed by atoms with E-state index in [0.29, 0.717) is 6.42 Å². The van der Waals surface area contributed by atoms with Gasteiger partial charge in [-0.2, -0.15) is 0 Å². The van der Waals surface area contributed by atoms with E-state index in [2.05, 4.69) is 9.05 Å². The molecule has 1 unspecified atom stereocenters. The van der Waals surface area contributed by atoms with Crippen molar-refractivity contribution in [1.29, 1.82) is 0 Å². The summed E-state index contributed by atoms with van der Waals surface area (Å²) in [7, 11) is -4.06. The third-order valence-corrected chi connectivity index (χ3v) is 3.06. The van der Waals surface area contributed by atoms with E-state index in [4.69, 9.17) is 0 Å². The number of hydrogen-bond acceptors (Lipinski definition) is 4. The molecule has 0 aliphatic carbocycles. The Balaban J connectivity index is 2.20. The third-order valence-electron chi connectivity index (χ3n) is 1.99. The molecule has 4 nitrogen and oxygen atoms in total. The van der Waals surface area contributed by atoms with E-state index >= 15 is 0 Å². The SMILES string of the molecule is CCOP(=O)([O-])OCCCc1ccccc1. The molecule has 0 spiro atoms. The molecule has 0 fully saturated rings. The Morgan fingerprint density at radius 1 is 1.25 bits per heavy atom. The van der Waals surface area contributed by atoms with Crippen LogP contribution < -0.4 is 4.89 Å². The molecule has 0 saturated carbocycles. The molecule has 5 heteroatoms. The van der Waals surface area contributed by atoms with Crippen LogP contribution in [0.2, 0.25) is 0 Å². The Morgan fingerprint density at radius 3 is 2.56 bits per heavy atom. The van der Waals surface area contributed by atoms with Crippen LogP contribution in [0.25, 0.3) is 0 Å². The van der Waals surface area contributed by atoms with Gasteiger partial charge in [0.15, 0.2) is 0 Å². The van der Waals surface area contributed by atoms with Crippen molar-refractivity contribution in [2.24, 2.45) is 0 Å². The van der Waals surface area contributed by atoms with E-state index in [1.165, 1.54) is 5.56 Å². The van der Waals surface area contributed by atoms with Crippen LogP contribution in [0.1, 0.15) is 18.9 Å². The van der Waals surface area contributed by atoms with Gasteiger partial charge < -0.3 is 13.9 Å². The first-order valence-corrected chi connectivity index (χ1v) is 6.74. The highest BCUT2D eigenvalue weighted by Crippen LogP contribution is 2.37. The van der Waals surface area contributed by atoms with Gasteiger partial charge in [0.05, 0.1) is 13.2 Å². The molecule has 0 N–H and O–H groups in total. The summed E-state index contributed by atoms with van der Waals surface area (Å²) in [6.45, 7) is 1.88. The summed E-state index contributed by atoms with van der Waals surface area (Å²) < 4.78 is 20.2. The van der Waals surface area contributed by atoms with E-state index in [-0.39, 0.29) is 13.2 Å². The highest BCUT2D eigenvalue weighted by atomic mass is 31.2. The summed E-state index contributed by atoms with van der Waals surface area (Å²) in [4.78, 5) is 11.0. The second-order valence-corrected chi connectivity index (χ2v) is 4.70. The van der Waals surface area contributed by atoms with Crippen LogP contribution in [-0.2, 0) is 20.0 Å². The molecule has 1 atom stereocenters. The van der Waals surface area contributed by atoms with Gasteiger partial charge in [-0.3, -0.25) is 4.57 Å². The lowest BCUT2D eigenvalue weighted by Crippen LogP contribution is -2.09. The first kappa shape index (κ1) is 13.4. The quantitative estimate of drug-likeness (QED) is 0.543. The van der Waals surface area contributed by atoms with Crippen molar-refractivity contribution in [3.8, 4) is 0 Å². The average molecular weight is 243 g/mol. The minimum atomic E-state index is -4.06. The number of phosphoric ester groups is 1. The lowest BCUT2D eigenvalue weighted by molar-refractivity contribution is -0.225. The van der Waals surface area contributed by atoms with Gasteiger partial charge >= 0.3 is 0 Å². The van der Waals surface area contributed by atoms with Gasteiger partial charge in [0.1, 0.15) is 0 Å². The molecule has 16 heavy (non-hydrogen) atoms. The molecular weight excluding hydrogens is 227 g/mol. The summed E-state index contributed by atoms with van der Waals surface area (Å²) in [5, 5.41) is 0. The topological polar surface area (TPSA) is 58.6 Å². The summed E-state index contributed by atoms with van der Waals surface area (Å²) in [5.74, 6) is 0. The van der Waals surface area contributed by atoms with Gasteiger partial charge in [-0.15, -0.1) is 0 Å². The summed E-state index contributed by atoms with van der Waals surface area (Å²) in [6.07, 6.45) is 1.45. The van der Waals surface area contributed by atoms with Crippen LogP contribution in [0.3, 0.4) is 0 Å². The van der Waals surface area contributed by atoms with Crippen molar-refractivity contribution in [2.75, 3.05) is 13.2 Å². The lowest BCUT2D eigenvalue weighted by Gasteiger charge is -2.21. The fourth-order valence-electron chi connectivity index (χ4n) is 1.29. The Morgan fingerprint density at radius 2 is 1.94 bits per heavy atom. The van der Waals surface area contributed by atoms with E-state index in [0.717, 1.165) is 6.42 Å². The molecular formula is C11H16O4P-. The Bertz CT molecular complexity index is 339. The minimum absolute atomic E-state index is 0.111. The molecule has 1 aromatic rings. The lowest BCUT2D eigenvalue weighted by atomic mass is 10.1. The van der Waals surface area contributed by atoms with Crippen molar-refractivity contribution >= 4 is 7.82 Å². The van der Waals surface area contributed by atoms with Crippen molar-refractivity contribution in [3.63, 3.8) is 0 Å². The molecule has 1 rings (SSSR count). The van der Waals surface area contributed by atoms with Gasteiger partial charge in [0.25, 0.3) is 7.82 Å². The largest absolute Gasteiger partial charge is 0.756 e. The van der Waals surface area contributed by atoms with Crippen LogP contribution >= 0.6 is 7.82 Å². The van der Waals surface area contributed by atoms with Crippen LogP contribution in [0, 0.1) is 0 Å². The third kappa shape index (κ3) is 5.42. The maximum Gasteiger partial charge on any atom is 0.267 e. The number of hydrogen-bond donors (Lipinski definition) is 0. The molecule has 0 heterocycles.